The van der Waals surface area contributed by atoms with Crippen LogP contribution in [0.25, 0.3) is 0 Å². The molecule has 0 radical (unpaired) electrons. The summed E-state index contributed by atoms with van der Waals surface area (Å²) >= 11 is 0. The van der Waals surface area contributed by atoms with Gasteiger partial charge in [0.2, 0.25) is 0 Å². The summed E-state index contributed by atoms with van der Waals surface area (Å²) in [5.74, 6) is 1.04. The number of nitrogens with zero attached hydrogens (tertiary/aromatic N) is 1. The molecule has 2 fully saturated rings. The molecule has 170 valence electrons. The minimum atomic E-state index is -0.732. The molecule has 0 N–H and O–H groups in total. The average molecular weight is 432 g/mol. The van der Waals surface area contributed by atoms with Crippen molar-refractivity contribution in [3.63, 3.8) is 0 Å². The van der Waals surface area contributed by atoms with Crippen LogP contribution >= 0.6 is 0 Å². The number of benzene rings is 1. The van der Waals surface area contributed by atoms with Gasteiger partial charge < -0.3 is 0 Å². The maximum atomic E-state index is 13.9. The van der Waals surface area contributed by atoms with E-state index in [1.165, 1.54) is 50.7 Å². The van der Waals surface area contributed by atoms with Crippen molar-refractivity contribution in [3.05, 3.63) is 47.0 Å². The first-order valence-corrected chi connectivity index (χ1v) is 12.2. The van der Waals surface area contributed by atoms with Gasteiger partial charge in [0.1, 0.15) is 23.3 Å². The van der Waals surface area contributed by atoms with Crippen molar-refractivity contribution in [2.75, 3.05) is 6.67 Å². The lowest BCUT2D eigenvalue weighted by atomic mass is 9.74. The Kier molecular flexibility index (Phi) is 9.50. The fourth-order valence-electron chi connectivity index (χ4n) is 5.51. The van der Waals surface area contributed by atoms with Crippen LogP contribution < -0.4 is 0 Å². The number of rotatable bonds is 9. The van der Waals surface area contributed by atoms with E-state index in [1.54, 1.807) is 6.07 Å². The molecule has 2 saturated carbocycles. The Labute approximate surface area is 185 Å². The smallest absolute Gasteiger partial charge is 0.144 e. The summed E-state index contributed by atoms with van der Waals surface area (Å²) in [6, 6.07) is 4.33. The van der Waals surface area contributed by atoms with Gasteiger partial charge in [-0.05, 0) is 112 Å². The highest BCUT2D eigenvalue weighted by Crippen LogP contribution is 2.40. The van der Waals surface area contributed by atoms with Crippen molar-refractivity contribution < 1.29 is 13.2 Å². The molecule has 0 heterocycles. The summed E-state index contributed by atoms with van der Waals surface area (Å²) in [7, 11) is 0. The summed E-state index contributed by atoms with van der Waals surface area (Å²) in [5, 5.41) is 8.84. The second-order valence-corrected chi connectivity index (χ2v) is 9.66. The van der Waals surface area contributed by atoms with Gasteiger partial charge in [-0.15, -0.1) is 0 Å². The highest BCUT2D eigenvalue weighted by atomic mass is 19.1. The standard InChI is InChI=1S/C27H36F3N/c28-16-4-2-1-3-5-20-6-8-21(9-7-20)10-11-22-12-14-23(15-13-22)24-17-26(29)25(19-31)27(30)18-24/h3,5,17-18,20-23H,1-2,4,6-16H2/b5-3+/t20-,21-,22-,23-. The Morgan fingerprint density at radius 3 is 2.00 bits per heavy atom. The lowest BCUT2D eigenvalue weighted by Gasteiger charge is -2.31. The van der Waals surface area contributed by atoms with Gasteiger partial charge in [0, 0.05) is 0 Å². The third-order valence-electron chi connectivity index (χ3n) is 7.53. The van der Waals surface area contributed by atoms with Gasteiger partial charge in [0.05, 0.1) is 6.67 Å². The SMILES string of the molecule is N#Cc1c(F)cc([C@H]2CC[C@H](CC[C@H]3CC[C@H](/C=C/CCCCF)CC3)CC2)cc1F. The van der Waals surface area contributed by atoms with E-state index in [0.29, 0.717) is 17.9 Å². The van der Waals surface area contributed by atoms with Gasteiger partial charge in [-0.25, -0.2) is 8.78 Å². The van der Waals surface area contributed by atoms with E-state index in [0.717, 1.165) is 50.4 Å². The van der Waals surface area contributed by atoms with Crippen LogP contribution in [0.3, 0.4) is 0 Å². The quantitative estimate of drug-likeness (QED) is 0.284. The average Bonchev–Trinajstić information content (AvgIpc) is 2.78. The first kappa shape index (κ1) is 23.9. The van der Waals surface area contributed by atoms with Crippen molar-refractivity contribution in [3.8, 4) is 6.07 Å². The molecule has 0 atom stereocenters. The van der Waals surface area contributed by atoms with Crippen LogP contribution in [0.1, 0.15) is 101 Å². The first-order chi connectivity index (χ1) is 15.1. The number of alkyl halides is 1. The summed E-state index contributed by atoms with van der Waals surface area (Å²) in [5.41, 5.74) is 0.239. The zero-order valence-corrected chi connectivity index (χ0v) is 18.6. The van der Waals surface area contributed by atoms with Crippen molar-refractivity contribution in [2.24, 2.45) is 17.8 Å². The summed E-state index contributed by atoms with van der Waals surface area (Å²) in [6.07, 6.45) is 19.3. The van der Waals surface area contributed by atoms with E-state index in [2.05, 4.69) is 12.2 Å². The van der Waals surface area contributed by atoms with Crippen LogP contribution in [0.2, 0.25) is 0 Å². The van der Waals surface area contributed by atoms with E-state index >= 15 is 0 Å². The van der Waals surface area contributed by atoms with E-state index in [9.17, 15) is 13.2 Å². The highest BCUT2D eigenvalue weighted by molar-refractivity contribution is 5.36. The van der Waals surface area contributed by atoms with Gasteiger partial charge in [0.25, 0.3) is 0 Å². The van der Waals surface area contributed by atoms with Crippen molar-refractivity contribution >= 4 is 0 Å². The van der Waals surface area contributed by atoms with E-state index in [1.807, 2.05) is 0 Å². The van der Waals surface area contributed by atoms with Crippen LogP contribution in [0, 0.1) is 40.7 Å². The van der Waals surface area contributed by atoms with Crippen LogP contribution in [0.5, 0.6) is 0 Å². The van der Waals surface area contributed by atoms with Crippen molar-refractivity contribution in [1.29, 1.82) is 5.26 Å². The number of hydrogen-bond acceptors (Lipinski definition) is 1. The first-order valence-electron chi connectivity index (χ1n) is 12.2. The Morgan fingerprint density at radius 2 is 1.45 bits per heavy atom. The second-order valence-electron chi connectivity index (χ2n) is 9.66. The van der Waals surface area contributed by atoms with E-state index < -0.39 is 17.2 Å². The zero-order chi connectivity index (χ0) is 22.1. The molecular weight excluding hydrogens is 395 g/mol. The second kappa shape index (κ2) is 12.3. The molecule has 1 aromatic carbocycles. The Bertz CT molecular complexity index is 727. The number of halogens is 3. The largest absolute Gasteiger partial charge is 0.251 e. The fraction of sp³-hybridized carbons (Fsp3) is 0.667. The summed E-state index contributed by atoms with van der Waals surface area (Å²) in [4.78, 5) is 0. The predicted molar refractivity (Wildman–Crippen MR) is 119 cm³/mol. The van der Waals surface area contributed by atoms with Crippen LogP contribution in [0.15, 0.2) is 24.3 Å². The van der Waals surface area contributed by atoms with Gasteiger partial charge in [-0.3, -0.25) is 4.39 Å². The molecule has 0 unspecified atom stereocenters. The number of unbranched alkanes of at least 4 members (excludes halogenated alkanes) is 2. The predicted octanol–water partition coefficient (Wildman–Crippen LogP) is 8.39. The molecule has 0 saturated heterocycles. The van der Waals surface area contributed by atoms with Crippen molar-refractivity contribution in [1.82, 2.24) is 0 Å². The fourth-order valence-corrected chi connectivity index (χ4v) is 5.51. The molecule has 31 heavy (non-hydrogen) atoms. The molecule has 0 aromatic heterocycles. The molecule has 0 bridgehead atoms. The maximum Gasteiger partial charge on any atom is 0.144 e. The zero-order valence-electron chi connectivity index (χ0n) is 18.6. The van der Waals surface area contributed by atoms with Gasteiger partial charge >= 0.3 is 0 Å². The summed E-state index contributed by atoms with van der Waals surface area (Å²) in [6.45, 7) is -0.201. The van der Waals surface area contributed by atoms with Crippen molar-refractivity contribution in [2.45, 2.75) is 89.4 Å². The normalized spacial score (nSPS) is 26.8. The monoisotopic (exact) mass is 431 g/mol. The number of nitriles is 1. The molecular formula is C27H36F3N. The Morgan fingerprint density at radius 1 is 0.871 bits per heavy atom. The topological polar surface area (TPSA) is 23.8 Å². The molecule has 2 aliphatic carbocycles. The molecule has 0 aliphatic heterocycles. The number of hydrogen-bond donors (Lipinski definition) is 0. The molecule has 0 amide bonds. The molecule has 4 heteroatoms. The Hall–Kier alpha value is -1.76. The van der Waals surface area contributed by atoms with Crippen LogP contribution in [0.4, 0.5) is 13.2 Å². The lowest BCUT2D eigenvalue weighted by Crippen LogP contribution is -2.17. The Balaban J connectivity index is 1.35. The summed E-state index contributed by atoms with van der Waals surface area (Å²) < 4.78 is 40.0. The molecule has 3 rings (SSSR count). The third-order valence-corrected chi connectivity index (χ3v) is 7.53. The van der Waals surface area contributed by atoms with E-state index in [4.69, 9.17) is 5.26 Å². The molecule has 1 nitrogen and oxygen atoms in total. The van der Waals surface area contributed by atoms with Crippen LogP contribution in [-0.2, 0) is 0 Å². The lowest BCUT2D eigenvalue weighted by molar-refractivity contribution is 0.246. The number of allylic oxidation sites excluding steroid dienone is 2. The van der Waals surface area contributed by atoms with E-state index in [-0.39, 0.29) is 12.6 Å². The minimum absolute atomic E-state index is 0.201. The molecule has 0 spiro atoms. The van der Waals surface area contributed by atoms with Gasteiger partial charge in [-0.1, -0.05) is 25.0 Å². The maximum absolute atomic E-state index is 13.9. The third kappa shape index (κ3) is 7.13. The molecule has 2 aliphatic rings. The minimum Gasteiger partial charge on any atom is -0.251 e. The molecule has 1 aromatic rings. The van der Waals surface area contributed by atoms with Gasteiger partial charge in [0.15, 0.2) is 0 Å². The highest BCUT2D eigenvalue weighted by Gasteiger charge is 2.26. The van der Waals surface area contributed by atoms with Crippen LogP contribution in [-0.4, -0.2) is 6.67 Å². The van der Waals surface area contributed by atoms with Gasteiger partial charge in [-0.2, -0.15) is 5.26 Å².